The minimum Gasteiger partial charge on any atom is -0.481 e. The lowest BCUT2D eigenvalue weighted by atomic mass is 9.47. The first-order chi connectivity index (χ1) is 10.9. The van der Waals surface area contributed by atoms with Crippen molar-refractivity contribution in [1.82, 2.24) is 0 Å². The zero-order valence-corrected chi connectivity index (χ0v) is 13.8. The maximum absolute atomic E-state index is 12.3. The maximum Gasteiger partial charge on any atom is 0.314 e. The predicted octanol–water partition coefficient (Wildman–Crippen LogP) is 2.94. The van der Waals surface area contributed by atoms with Gasteiger partial charge in [-0.3, -0.25) is 9.59 Å². The van der Waals surface area contributed by atoms with Crippen LogP contribution >= 0.6 is 0 Å². The van der Waals surface area contributed by atoms with Crippen LogP contribution in [0.25, 0.3) is 0 Å². The molecule has 0 heterocycles. The fraction of sp³-hybridized carbons (Fsp3) is 0.789. The molecule has 3 fully saturated rings. The van der Waals surface area contributed by atoms with Gasteiger partial charge in [0.25, 0.3) is 0 Å². The van der Waals surface area contributed by atoms with Crippen molar-refractivity contribution in [2.75, 3.05) is 0 Å². The highest BCUT2D eigenvalue weighted by atomic mass is 16.4. The Balaban J connectivity index is 1.76. The molecule has 0 aliphatic heterocycles. The van der Waals surface area contributed by atoms with Gasteiger partial charge in [0.05, 0.1) is 11.5 Å². The number of fused-ring (bicyclic) bond motifs is 5. The Morgan fingerprint density at radius 1 is 1.13 bits per heavy atom. The number of carbonyl (C=O) groups excluding carboxylic acids is 1. The molecule has 4 heteroatoms. The molecule has 4 rings (SSSR count). The lowest BCUT2D eigenvalue weighted by Crippen LogP contribution is -2.55. The second-order valence-electron chi connectivity index (χ2n) is 8.47. The number of carboxylic acid groups (broad SMARTS) is 1. The number of carbonyl (C=O) groups is 2. The van der Waals surface area contributed by atoms with Crippen LogP contribution in [0.4, 0.5) is 0 Å². The first-order valence-electron chi connectivity index (χ1n) is 9.05. The lowest BCUT2D eigenvalue weighted by Gasteiger charge is -2.56. The number of aliphatic carboxylic acids is 1. The average molecular weight is 318 g/mol. The number of hydrogen-bond donors (Lipinski definition) is 2. The molecule has 0 spiro atoms. The molecule has 0 saturated heterocycles. The third kappa shape index (κ3) is 1.87. The van der Waals surface area contributed by atoms with Gasteiger partial charge < -0.3 is 10.2 Å². The second-order valence-corrected chi connectivity index (χ2v) is 8.47. The molecule has 0 radical (unpaired) electrons. The van der Waals surface area contributed by atoms with Gasteiger partial charge in [-0.1, -0.05) is 6.92 Å². The number of hydrogen-bond acceptors (Lipinski definition) is 3. The van der Waals surface area contributed by atoms with Crippen LogP contribution in [0.1, 0.15) is 58.3 Å². The van der Waals surface area contributed by atoms with E-state index in [4.69, 9.17) is 0 Å². The first-order valence-corrected chi connectivity index (χ1v) is 9.05. The highest BCUT2D eigenvalue weighted by Gasteiger charge is 2.62. The molecule has 6 atom stereocenters. The van der Waals surface area contributed by atoms with Crippen molar-refractivity contribution in [2.24, 2.45) is 28.6 Å². The molecule has 0 aromatic heterocycles. The summed E-state index contributed by atoms with van der Waals surface area (Å²) in [6.07, 6.45) is 7.61. The van der Waals surface area contributed by atoms with E-state index in [-0.39, 0.29) is 23.2 Å². The third-order valence-electron chi connectivity index (χ3n) is 7.82. The lowest BCUT2D eigenvalue weighted by molar-refractivity contribution is -0.160. The van der Waals surface area contributed by atoms with Crippen LogP contribution in [0.2, 0.25) is 0 Å². The van der Waals surface area contributed by atoms with Crippen LogP contribution in [-0.4, -0.2) is 28.1 Å². The molecule has 0 bridgehead atoms. The Kier molecular flexibility index (Phi) is 3.29. The summed E-state index contributed by atoms with van der Waals surface area (Å²) in [6, 6.07) is 0. The number of rotatable bonds is 1. The highest BCUT2D eigenvalue weighted by Crippen LogP contribution is 2.65. The molecular formula is C19H26O4. The van der Waals surface area contributed by atoms with Crippen molar-refractivity contribution in [3.8, 4) is 0 Å². The molecule has 0 aromatic carbocycles. The molecule has 23 heavy (non-hydrogen) atoms. The minimum atomic E-state index is -0.814. The summed E-state index contributed by atoms with van der Waals surface area (Å²) in [7, 11) is 0. The normalized spacial score (nSPS) is 49.0. The van der Waals surface area contributed by atoms with Gasteiger partial charge in [-0.05, 0) is 79.8 Å². The molecule has 4 aliphatic carbocycles. The van der Waals surface area contributed by atoms with E-state index < -0.39 is 11.4 Å². The smallest absolute Gasteiger partial charge is 0.314 e. The zero-order valence-electron chi connectivity index (χ0n) is 13.8. The molecule has 1 unspecified atom stereocenters. The van der Waals surface area contributed by atoms with Crippen molar-refractivity contribution in [3.63, 3.8) is 0 Å². The summed E-state index contributed by atoms with van der Waals surface area (Å²) >= 11 is 0. The standard InChI is InChI=1S/C19H26O4/c1-18-8-7-15-13(14(18)4-5-16(18)21)3-2-11-10-12(20)6-9-19(11,15)17(22)23/h10,13-16,21H,2-9H2,1H3,(H,22,23)/t13-,14-,15-,16?,18-,19+/m0/s1. The molecule has 0 amide bonds. The van der Waals surface area contributed by atoms with Crippen LogP contribution < -0.4 is 0 Å². The predicted molar refractivity (Wildman–Crippen MR) is 84.7 cm³/mol. The molecule has 3 saturated carbocycles. The van der Waals surface area contributed by atoms with E-state index in [2.05, 4.69) is 6.92 Å². The van der Waals surface area contributed by atoms with Crippen molar-refractivity contribution >= 4 is 11.8 Å². The Hall–Kier alpha value is -1.16. The van der Waals surface area contributed by atoms with E-state index in [1.165, 1.54) is 0 Å². The fourth-order valence-electron chi connectivity index (χ4n) is 6.59. The van der Waals surface area contributed by atoms with Gasteiger partial charge in [0.1, 0.15) is 0 Å². The van der Waals surface area contributed by atoms with Gasteiger partial charge in [-0.15, -0.1) is 0 Å². The van der Waals surface area contributed by atoms with Crippen molar-refractivity contribution in [1.29, 1.82) is 0 Å². The van der Waals surface area contributed by atoms with Gasteiger partial charge in [0, 0.05) is 6.42 Å². The largest absolute Gasteiger partial charge is 0.481 e. The van der Waals surface area contributed by atoms with E-state index in [0.29, 0.717) is 24.7 Å². The first kappa shape index (κ1) is 15.4. The van der Waals surface area contributed by atoms with E-state index in [0.717, 1.165) is 44.1 Å². The van der Waals surface area contributed by atoms with Crippen LogP contribution in [0, 0.1) is 28.6 Å². The summed E-state index contributed by atoms with van der Waals surface area (Å²) in [5.74, 6) is 0.316. The molecule has 4 nitrogen and oxygen atoms in total. The van der Waals surface area contributed by atoms with Crippen molar-refractivity contribution in [3.05, 3.63) is 11.6 Å². The van der Waals surface area contributed by atoms with E-state index in [1.54, 1.807) is 6.08 Å². The number of ketones is 1. The van der Waals surface area contributed by atoms with Crippen LogP contribution in [0.15, 0.2) is 11.6 Å². The quantitative estimate of drug-likeness (QED) is 0.779. The van der Waals surface area contributed by atoms with Crippen LogP contribution in [0.3, 0.4) is 0 Å². The SMILES string of the molecule is C[C@]12CC[C@H]3[C@@H](CCC4=CC(=O)CC[C@@]43C(=O)O)[C@@H]1CCC2O. The fourth-order valence-corrected chi connectivity index (χ4v) is 6.59. The Morgan fingerprint density at radius 3 is 2.65 bits per heavy atom. The topological polar surface area (TPSA) is 74.6 Å². The van der Waals surface area contributed by atoms with Gasteiger partial charge >= 0.3 is 5.97 Å². The van der Waals surface area contributed by atoms with Gasteiger partial charge in [0.15, 0.2) is 5.78 Å². The van der Waals surface area contributed by atoms with Gasteiger partial charge in [-0.2, -0.15) is 0 Å². The summed E-state index contributed by atoms with van der Waals surface area (Å²) in [5.41, 5.74) is 0.0304. The zero-order chi connectivity index (χ0) is 16.4. The van der Waals surface area contributed by atoms with Gasteiger partial charge in [0.2, 0.25) is 0 Å². The Morgan fingerprint density at radius 2 is 1.91 bits per heavy atom. The number of aliphatic hydroxyl groups excluding tert-OH is 1. The van der Waals surface area contributed by atoms with Gasteiger partial charge in [-0.25, -0.2) is 0 Å². The van der Waals surface area contributed by atoms with E-state index in [9.17, 15) is 19.8 Å². The van der Waals surface area contributed by atoms with E-state index in [1.807, 2.05) is 0 Å². The van der Waals surface area contributed by atoms with E-state index >= 15 is 0 Å². The Labute approximate surface area is 137 Å². The summed E-state index contributed by atoms with van der Waals surface area (Å²) in [6.45, 7) is 2.20. The third-order valence-corrected chi connectivity index (χ3v) is 7.82. The molecule has 0 aromatic rings. The van der Waals surface area contributed by atoms with Crippen molar-refractivity contribution in [2.45, 2.75) is 64.4 Å². The summed E-state index contributed by atoms with van der Waals surface area (Å²) in [4.78, 5) is 24.1. The maximum atomic E-state index is 12.3. The molecular weight excluding hydrogens is 292 g/mol. The minimum absolute atomic E-state index is 0.0352. The number of carboxylic acids is 1. The monoisotopic (exact) mass is 318 g/mol. The summed E-state index contributed by atoms with van der Waals surface area (Å²) < 4.78 is 0. The van der Waals surface area contributed by atoms with Crippen molar-refractivity contribution < 1.29 is 19.8 Å². The molecule has 4 aliphatic rings. The van der Waals surface area contributed by atoms with Crippen LogP contribution in [0.5, 0.6) is 0 Å². The number of aliphatic hydroxyl groups is 1. The highest BCUT2D eigenvalue weighted by molar-refractivity contribution is 5.95. The average Bonchev–Trinajstić information content (AvgIpc) is 2.82. The summed E-state index contributed by atoms with van der Waals surface area (Å²) in [5, 5.41) is 20.5. The second kappa shape index (κ2) is 4.92. The Bertz CT molecular complexity index is 594. The molecule has 126 valence electrons. The van der Waals surface area contributed by atoms with Crippen LogP contribution in [-0.2, 0) is 9.59 Å². The molecule has 2 N–H and O–H groups in total.